The van der Waals surface area contributed by atoms with Crippen LogP contribution in [0.2, 0.25) is 0 Å². The number of hydrogen-bond acceptors (Lipinski definition) is 6. The van der Waals surface area contributed by atoms with Gasteiger partial charge in [-0.3, -0.25) is 0 Å². The molecule has 2 aromatic rings. The summed E-state index contributed by atoms with van der Waals surface area (Å²) >= 11 is 0. The molecule has 0 radical (unpaired) electrons. The van der Waals surface area contributed by atoms with Crippen LogP contribution in [0.1, 0.15) is 5.82 Å². The average Bonchev–Trinajstić information content (AvgIpc) is 2.90. The van der Waals surface area contributed by atoms with Crippen molar-refractivity contribution in [2.24, 2.45) is 0 Å². The average molecular weight is 282 g/mol. The van der Waals surface area contributed by atoms with Gasteiger partial charge in [0.2, 0.25) is 10.0 Å². The zero-order valence-corrected chi connectivity index (χ0v) is 11.3. The van der Waals surface area contributed by atoms with E-state index in [0.29, 0.717) is 12.4 Å². The Bertz CT molecular complexity index is 621. The van der Waals surface area contributed by atoms with E-state index < -0.39 is 10.0 Å². The number of rotatable bonds is 5. The highest BCUT2D eigenvalue weighted by molar-refractivity contribution is 7.89. The minimum absolute atomic E-state index is 0.252. The smallest absolute Gasteiger partial charge is 0.242 e. The molecule has 2 rings (SSSR count). The quantitative estimate of drug-likeness (QED) is 0.803. The summed E-state index contributed by atoms with van der Waals surface area (Å²) in [5.41, 5.74) is 0.780. The van der Waals surface area contributed by atoms with E-state index in [9.17, 15) is 8.42 Å². The summed E-state index contributed by atoms with van der Waals surface area (Å²) in [7, 11) is -0.390. The first kappa shape index (κ1) is 13.4. The number of hydrogen-bond donors (Lipinski definition) is 2. The Labute approximate surface area is 110 Å². The Morgan fingerprint density at radius 3 is 2.47 bits per heavy atom. The number of aromatic amines is 1. The fourth-order valence-electron chi connectivity index (χ4n) is 1.39. The van der Waals surface area contributed by atoms with Gasteiger partial charge in [-0.25, -0.2) is 12.7 Å². The molecule has 1 aromatic heterocycles. The van der Waals surface area contributed by atoms with E-state index >= 15 is 0 Å². The van der Waals surface area contributed by atoms with E-state index in [0.717, 1.165) is 5.69 Å². The molecule has 0 saturated heterocycles. The second kappa shape index (κ2) is 5.33. The Kier molecular flexibility index (Phi) is 3.76. The number of benzene rings is 1. The van der Waals surface area contributed by atoms with E-state index in [4.69, 9.17) is 0 Å². The van der Waals surface area contributed by atoms with Crippen LogP contribution in [0.25, 0.3) is 0 Å². The van der Waals surface area contributed by atoms with Crippen molar-refractivity contribution in [1.82, 2.24) is 24.9 Å². The molecule has 0 atom stereocenters. The molecule has 102 valence electrons. The van der Waals surface area contributed by atoms with Crippen LogP contribution in [0.3, 0.4) is 0 Å². The number of aromatic nitrogens is 4. The number of tetrazole rings is 1. The maximum Gasteiger partial charge on any atom is 0.242 e. The van der Waals surface area contributed by atoms with Crippen molar-refractivity contribution in [3.8, 4) is 0 Å². The molecular formula is C10H14N6O2S. The molecule has 0 aliphatic rings. The number of sulfonamides is 1. The van der Waals surface area contributed by atoms with Crippen molar-refractivity contribution in [3.63, 3.8) is 0 Å². The van der Waals surface area contributed by atoms with Gasteiger partial charge in [0, 0.05) is 19.8 Å². The van der Waals surface area contributed by atoms with E-state index in [-0.39, 0.29) is 4.90 Å². The zero-order chi connectivity index (χ0) is 13.9. The fourth-order valence-corrected chi connectivity index (χ4v) is 2.30. The van der Waals surface area contributed by atoms with E-state index in [1.807, 2.05) is 0 Å². The molecule has 2 N–H and O–H groups in total. The number of H-pyrrole nitrogens is 1. The number of nitrogens with zero attached hydrogens (tertiary/aromatic N) is 4. The second-order valence-corrected chi connectivity index (χ2v) is 6.15. The van der Waals surface area contributed by atoms with Gasteiger partial charge in [-0.15, -0.1) is 10.2 Å². The number of anilines is 1. The van der Waals surface area contributed by atoms with Crippen LogP contribution in [-0.2, 0) is 16.6 Å². The van der Waals surface area contributed by atoms with Gasteiger partial charge >= 0.3 is 0 Å². The maximum atomic E-state index is 11.9. The lowest BCUT2D eigenvalue weighted by Gasteiger charge is -2.11. The van der Waals surface area contributed by atoms with Crippen LogP contribution >= 0.6 is 0 Å². The van der Waals surface area contributed by atoms with Crippen molar-refractivity contribution < 1.29 is 8.42 Å². The second-order valence-electron chi connectivity index (χ2n) is 3.99. The van der Waals surface area contributed by atoms with Crippen LogP contribution in [-0.4, -0.2) is 47.4 Å². The van der Waals surface area contributed by atoms with Gasteiger partial charge in [-0.1, -0.05) is 5.21 Å². The SMILES string of the molecule is CN(C)S(=O)(=O)c1ccc(NCc2nn[nH]n2)cc1. The van der Waals surface area contributed by atoms with E-state index in [1.165, 1.54) is 18.4 Å². The van der Waals surface area contributed by atoms with Crippen molar-refractivity contribution in [3.05, 3.63) is 30.1 Å². The minimum Gasteiger partial charge on any atom is -0.378 e. The molecule has 9 heteroatoms. The Hall–Kier alpha value is -2.00. The van der Waals surface area contributed by atoms with Gasteiger partial charge in [0.1, 0.15) is 0 Å². The topological polar surface area (TPSA) is 104 Å². The van der Waals surface area contributed by atoms with Gasteiger partial charge in [0.15, 0.2) is 5.82 Å². The van der Waals surface area contributed by atoms with Crippen LogP contribution in [0.4, 0.5) is 5.69 Å². The van der Waals surface area contributed by atoms with Crippen molar-refractivity contribution in [1.29, 1.82) is 0 Å². The third-order valence-corrected chi connectivity index (χ3v) is 4.30. The minimum atomic E-state index is -3.39. The van der Waals surface area contributed by atoms with E-state index in [1.54, 1.807) is 24.3 Å². The molecule has 0 fully saturated rings. The van der Waals surface area contributed by atoms with Gasteiger partial charge in [0.25, 0.3) is 0 Å². The first-order valence-corrected chi connectivity index (χ1v) is 6.93. The molecule has 0 amide bonds. The molecule has 0 bridgehead atoms. The Morgan fingerprint density at radius 2 is 1.95 bits per heavy atom. The summed E-state index contributed by atoms with van der Waals surface area (Å²) in [6.07, 6.45) is 0. The first-order chi connectivity index (χ1) is 9.00. The van der Waals surface area contributed by atoms with Crippen LogP contribution in [0.15, 0.2) is 29.2 Å². The molecule has 8 nitrogen and oxygen atoms in total. The molecule has 19 heavy (non-hydrogen) atoms. The van der Waals surface area contributed by atoms with Crippen LogP contribution in [0, 0.1) is 0 Å². The molecule has 1 heterocycles. The largest absolute Gasteiger partial charge is 0.378 e. The summed E-state index contributed by atoms with van der Waals surface area (Å²) in [5, 5.41) is 16.5. The molecule has 0 aliphatic heterocycles. The highest BCUT2D eigenvalue weighted by Crippen LogP contribution is 2.16. The summed E-state index contributed by atoms with van der Waals surface area (Å²) < 4.78 is 24.9. The highest BCUT2D eigenvalue weighted by atomic mass is 32.2. The third kappa shape index (κ3) is 3.06. The Balaban J connectivity index is 2.07. The molecule has 0 unspecified atom stereocenters. The third-order valence-electron chi connectivity index (χ3n) is 2.47. The summed E-state index contributed by atoms with van der Waals surface area (Å²) in [6.45, 7) is 0.413. The highest BCUT2D eigenvalue weighted by Gasteiger charge is 2.16. The maximum absolute atomic E-state index is 11.9. The van der Waals surface area contributed by atoms with E-state index in [2.05, 4.69) is 25.9 Å². The van der Waals surface area contributed by atoms with Gasteiger partial charge in [-0.05, 0) is 24.3 Å². The number of nitrogens with one attached hydrogen (secondary N) is 2. The van der Waals surface area contributed by atoms with Crippen molar-refractivity contribution >= 4 is 15.7 Å². The summed E-state index contributed by atoms with van der Waals surface area (Å²) in [5.74, 6) is 0.532. The lowest BCUT2D eigenvalue weighted by atomic mass is 10.3. The first-order valence-electron chi connectivity index (χ1n) is 5.49. The van der Waals surface area contributed by atoms with Crippen LogP contribution < -0.4 is 5.32 Å². The standard InChI is InChI=1S/C10H14N6O2S/c1-16(2)19(17,18)9-5-3-8(4-6-9)11-7-10-12-14-15-13-10/h3-6,11H,7H2,1-2H3,(H,12,13,14,15). The van der Waals surface area contributed by atoms with Gasteiger partial charge < -0.3 is 5.32 Å². The van der Waals surface area contributed by atoms with Crippen molar-refractivity contribution in [2.75, 3.05) is 19.4 Å². The van der Waals surface area contributed by atoms with Gasteiger partial charge in [-0.2, -0.15) is 5.21 Å². The predicted molar refractivity (Wildman–Crippen MR) is 68.8 cm³/mol. The predicted octanol–water partition coefficient (Wildman–Crippen LogP) is 0.0621. The van der Waals surface area contributed by atoms with Crippen molar-refractivity contribution in [2.45, 2.75) is 11.4 Å². The fraction of sp³-hybridized carbons (Fsp3) is 0.300. The summed E-state index contributed by atoms with van der Waals surface area (Å²) in [4.78, 5) is 0.252. The molecule has 0 aliphatic carbocycles. The monoisotopic (exact) mass is 282 g/mol. The lowest BCUT2D eigenvalue weighted by molar-refractivity contribution is 0.521. The zero-order valence-electron chi connectivity index (χ0n) is 10.5. The molecular weight excluding hydrogens is 268 g/mol. The normalized spacial score (nSPS) is 11.7. The molecule has 0 spiro atoms. The Morgan fingerprint density at radius 1 is 1.26 bits per heavy atom. The molecule has 0 saturated carbocycles. The van der Waals surface area contributed by atoms with Gasteiger partial charge in [0.05, 0.1) is 11.4 Å². The molecule has 1 aromatic carbocycles. The lowest BCUT2D eigenvalue weighted by Crippen LogP contribution is -2.22. The van der Waals surface area contributed by atoms with Crippen LogP contribution in [0.5, 0.6) is 0 Å². The summed E-state index contributed by atoms with van der Waals surface area (Å²) in [6, 6.07) is 6.48.